The maximum atomic E-state index is 9.55. The van der Waals surface area contributed by atoms with E-state index in [0.717, 1.165) is 19.6 Å². The van der Waals surface area contributed by atoms with Crippen molar-refractivity contribution in [3.05, 3.63) is 35.9 Å². The zero-order valence-electron chi connectivity index (χ0n) is 12.9. The Labute approximate surface area is 139 Å². The van der Waals surface area contributed by atoms with Crippen LogP contribution in [0.5, 0.6) is 0 Å². The lowest BCUT2D eigenvalue weighted by Gasteiger charge is -2.32. The Morgan fingerprint density at radius 1 is 1.30 bits per heavy atom. The fourth-order valence-corrected chi connectivity index (χ4v) is 3.20. The van der Waals surface area contributed by atoms with Crippen molar-refractivity contribution in [3.8, 4) is 0 Å². The molecule has 1 aromatic carbocycles. The summed E-state index contributed by atoms with van der Waals surface area (Å²) in [5.74, 6) is -2.51. The first-order valence-electron chi connectivity index (χ1n) is 7.29. The lowest BCUT2D eigenvalue weighted by molar-refractivity contribution is -0.134. The van der Waals surface area contributed by atoms with Crippen LogP contribution in [0, 0.1) is 0 Å². The Hall–Kier alpha value is -1.99. The van der Waals surface area contributed by atoms with Gasteiger partial charge in [-0.2, -0.15) is 0 Å². The van der Waals surface area contributed by atoms with Gasteiger partial charge in [0.1, 0.15) is 0 Å². The molecule has 0 amide bonds. The molecule has 3 N–H and O–H groups in total. The fraction of sp³-hybridized carbons (Fsp3) is 0.375. The number of piperazine rings is 1. The van der Waals surface area contributed by atoms with Crippen LogP contribution in [-0.4, -0.2) is 54.1 Å². The molecule has 6 nitrogen and oxygen atoms in total. The van der Waals surface area contributed by atoms with Crippen molar-refractivity contribution in [2.75, 3.05) is 30.8 Å². The van der Waals surface area contributed by atoms with Crippen LogP contribution < -0.4 is 10.2 Å². The van der Waals surface area contributed by atoms with Gasteiger partial charge in [-0.1, -0.05) is 6.07 Å². The minimum Gasteiger partial charge on any atom is -0.478 e. The lowest BCUT2D eigenvalue weighted by Crippen LogP contribution is -2.49. The van der Waals surface area contributed by atoms with Crippen LogP contribution in [0.1, 0.15) is 5.56 Å². The lowest BCUT2D eigenvalue weighted by atomic mass is 10.1. The summed E-state index contributed by atoms with van der Waals surface area (Å²) >= 11 is 1.83. The third-order valence-electron chi connectivity index (χ3n) is 3.78. The van der Waals surface area contributed by atoms with Crippen molar-refractivity contribution in [1.29, 1.82) is 0 Å². The number of thioether (sulfide) groups is 1. The van der Waals surface area contributed by atoms with Gasteiger partial charge in [0.2, 0.25) is 0 Å². The number of carboxylic acid groups (broad SMARTS) is 2. The maximum absolute atomic E-state index is 9.55. The van der Waals surface area contributed by atoms with Crippen LogP contribution in [0.4, 0.5) is 5.69 Å². The highest BCUT2D eigenvalue weighted by Crippen LogP contribution is 2.35. The minimum atomic E-state index is -1.26. The number of aliphatic carboxylic acids is 2. The van der Waals surface area contributed by atoms with E-state index in [1.54, 1.807) is 0 Å². The van der Waals surface area contributed by atoms with Gasteiger partial charge in [0, 0.05) is 48.4 Å². The molecular weight excluding hydrogens is 316 g/mol. The Bertz CT molecular complexity index is 602. The van der Waals surface area contributed by atoms with Crippen LogP contribution in [0.15, 0.2) is 35.2 Å². The number of rotatable bonds is 3. The largest absolute Gasteiger partial charge is 0.478 e. The van der Waals surface area contributed by atoms with Crippen LogP contribution in [0.2, 0.25) is 0 Å². The minimum absolute atomic E-state index is 0.558. The zero-order chi connectivity index (χ0) is 16.8. The molecule has 0 radical (unpaired) electrons. The summed E-state index contributed by atoms with van der Waals surface area (Å²) in [5.41, 5.74) is 3.01. The first-order valence-corrected chi connectivity index (χ1v) is 8.52. The van der Waals surface area contributed by atoms with E-state index in [0.29, 0.717) is 18.2 Å². The number of benzene rings is 1. The molecule has 3 rings (SSSR count). The summed E-state index contributed by atoms with van der Waals surface area (Å²) < 4.78 is 0. The standard InChI is InChI=1S/C12H16N2S.C4H4O4/c1-15-11-3-2-9-6-10-8-13-4-5-14(10)12(9)7-11;5-3(6)1-2-4(7)8/h2-3,7,10,13H,4-6,8H2,1H3;1-2H,(H,5,6)(H,7,8)/b;2-1+. The number of nitrogens with one attached hydrogen (secondary N) is 1. The normalized spacial score (nSPS) is 18.8. The average molecular weight is 336 g/mol. The van der Waals surface area contributed by atoms with E-state index < -0.39 is 11.9 Å². The van der Waals surface area contributed by atoms with Gasteiger partial charge >= 0.3 is 11.9 Å². The molecule has 2 aliphatic rings. The fourth-order valence-electron chi connectivity index (χ4n) is 2.77. The van der Waals surface area contributed by atoms with E-state index in [-0.39, 0.29) is 0 Å². The molecule has 1 unspecified atom stereocenters. The summed E-state index contributed by atoms with van der Waals surface area (Å²) in [5, 5.41) is 19.1. The number of nitrogens with zero attached hydrogens (tertiary/aromatic N) is 1. The predicted molar refractivity (Wildman–Crippen MR) is 90.3 cm³/mol. The van der Waals surface area contributed by atoms with Gasteiger partial charge in [-0.25, -0.2) is 9.59 Å². The summed E-state index contributed by atoms with van der Waals surface area (Å²) in [6.45, 7) is 3.43. The summed E-state index contributed by atoms with van der Waals surface area (Å²) in [6, 6.07) is 7.60. The topological polar surface area (TPSA) is 89.9 Å². The smallest absolute Gasteiger partial charge is 0.328 e. The van der Waals surface area contributed by atoms with Crippen LogP contribution in [-0.2, 0) is 16.0 Å². The number of hydrogen-bond acceptors (Lipinski definition) is 5. The van der Waals surface area contributed by atoms with E-state index in [1.807, 2.05) is 11.8 Å². The molecule has 0 aromatic heterocycles. The van der Waals surface area contributed by atoms with E-state index in [9.17, 15) is 9.59 Å². The Morgan fingerprint density at radius 3 is 2.61 bits per heavy atom. The number of fused-ring (bicyclic) bond motifs is 3. The maximum Gasteiger partial charge on any atom is 0.328 e. The summed E-state index contributed by atoms with van der Waals surface area (Å²) in [4.78, 5) is 23.1. The van der Waals surface area contributed by atoms with Gasteiger partial charge in [0.05, 0.1) is 0 Å². The summed E-state index contributed by atoms with van der Waals surface area (Å²) in [6.07, 6.45) is 4.48. The van der Waals surface area contributed by atoms with Crippen molar-refractivity contribution < 1.29 is 19.8 Å². The number of carboxylic acids is 2. The molecule has 1 fully saturated rings. The highest BCUT2D eigenvalue weighted by Gasteiger charge is 2.30. The first kappa shape index (κ1) is 17.4. The second-order valence-corrected chi connectivity index (χ2v) is 6.14. The van der Waals surface area contributed by atoms with Crippen LogP contribution in [0.3, 0.4) is 0 Å². The van der Waals surface area contributed by atoms with E-state index >= 15 is 0 Å². The Morgan fingerprint density at radius 2 is 2.00 bits per heavy atom. The molecule has 1 saturated heterocycles. The second-order valence-electron chi connectivity index (χ2n) is 5.26. The van der Waals surface area contributed by atoms with Crippen molar-refractivity contribution in [3.63, 3.8) is 0 Å². The van der Waals surface area contributed by atoms with E-state index in [1.165, 1.54) is 22.6 Å². The monoisotopic (exact) mass is 336 g/mol. The highest BCUT2D eigenvalue weighted by atomic mass is 32.2. The van der Waals surface area contributed by atoms with Crippen LogP contribution >= 0.6 is 11.8 Å². The average Bonchev–Trinajstić information content (AvgIpc) is 2.91. The molecule has 124 valence electrons. The molecule has 0 bridgehead atoms. The first-order chi connectivity index (χ1) is 11.0. The molecule has 1 aromatic rings. The van der Waals surface area contributed by atoms with Gasteiger partial charge in [0.15, 0.2) is 0 Å². The van der Waals surface area contributed by atoms with Crippen LogP contribution in [0.25, 0.3) is 0 Å². The molecule has 2 heterocycles. The molecule has 23 heavy (non-hydrogen) atoms. The SMILES string of the molecule is CSc1ccc2c(c1)N1CCNCC1C2.O=C(O)/C=C/C(=O)O. The second kappa shape index (κ2) is 8.03. The van der Waals surface area contributed by atoms with Gasteiger partial charge in [-0.05, 0) is 30.4 Å². The Balaban J connectivity index is 0.000000207. The van der Waals surface area contributed by atoms with Gasteiger partial charge < -0.3 is 20.4 Å². The number of hydrogen-bond donors (Lipinski definition) is 3. The summed E-state index contributed by atoms with van der Waals surface area (Å²) in [7, 11) is 0. The zero-order valence-corrected chi connectivity index (χ0v) is 13.7. The van der Waals surface area contributed by atoms with Gasteiger partial charge in [0.25, 0.3) is 0 Å². The molecule has 7 heteroatoms. The van der Waals surface area contributed by atoms with Gasteiger partial charge in [-0.15, -0.1) is 11.8 Å². The third-order valence-corrected chi connectivity index (χ3v) is 4.50. The molecule has 0 saturated carbocycles. The number of carbonyl (C=O) groups is 2. The van der Waals surface area contributed by atoms with Crippen molar-refractivity contribution in [2.45, 2.75) is 17.4 Å². The van der Waals surface area contributed by atoms with Gasteiger partial charge in [-0.3, -0.25) is 0 Å². The van der Waals surface area contributed by atoms with Crippen molar-refractivity contribution >= 4 is 29.4 Å². The molecule has 1 atom stereocenters. The van der Waals surface area contributed by atoms with Crippen molar-refractivity contribution in [2.24, 2.45) is 0 Å². The molecule has 2 aliphatic heterocycles. The predicted octanol–water partition coefficient (Wildman–Crippen LogP) is 1.45. The van der Waals surface area contributed by atoms with Crippen molar-refractivity contribution in [1.82, 2.24) is 5.32 Å². The highest BCUT2D eigenvalue weighted by molar-refractivity contribution is 7.98. The molecule has 0 aliphatic carbocycles. The number of anilines is 1. The molecule has 0 spiro atoms. The third kappa shape index (κ3) is 4.74. The quantitative estimate of drug-likeness (QED) is 0.568. The van der Waals surface area contributed by atoms with E-state index in [2.05, 4.69) is 34.7 Å². The Kier molecular flexibility index (Phi) is 6.06. The van der Waals surface area contributed by atoms with E-state index in [4.69, 9.17) is 10.2 Å². The molecular formula is C16H20N2O4S.